The van der Waals surface area contributed by atoms with Gasteiger partial charge in [-0.05, 0) is 38.5 Å². The van der Waals surface area contributed by atoms with Crippen LogP contribution in [0.5, 0.6) is 0 Å². The molecule has 6 heteroatoms. The van der Waals surface area contributed by atoms with Gasteiger partial charge in [-0.2, -0.15) is 0 Å². The molecule has 0 aromatic carbocycles. The molecule has 1 saturated carbocycles. The highest BCUT2D eigenvalue weighted by Crippen LogP contribution is 2.37. The molecule has 0 aliphatic heterocycles. The number of carbonyl (C=O) groups is 1. The zero-order valence-corrected chi connectivity index (χ0v) is 13.6. The summed E-state index contributed by atoms with van der Waals surface area (Å²) in [6.07, 6.45) is 7.13. The molecule has 2 amide bonds. The third kappa shape index (κ3) is 5.60. The van der Waals surface area contributed by atoms with Crippen LogP contribution in [0.1, 0.15) is 58.2 Å². The summed E-state index contributed by atoms with van der Waals surface area (Å²) in [5.41, 5.74) is -0.336. The Morgan fingerprint density at radius 3 is 2.59 bits per heavy atom. The summed E-state index contributed by atoms with van der Waals surface area (Å²) < 4.78 is 0. The molecular weight excluding hydrogens is 280 g/mol. The lowest BCUT2D eigenvalue weighted by molar-refractivity contribution is 0.0481. The van der Waals surface area contributed by atoms with Gasteiger partial charge in [0.1, 0.15) is 5.82 Å². The van der Waals surface area contributed by atoms with Crippen LogP contribution in [-0.2, 0) is 0 Å². The van der Waals surface area contributed by atoms with Gasteiger partial charge < -0.3 is 15.7 Å². The molecule has 1 aromatic heterocycles. The zero-order chi connectivity index (χ0) is 16.2. The maximum absolute atomic E-state index is 11.8. The number of nitrogens with zero attached hydrogens (tertiary/aromatic N) is 2. The van der Waals surface area contributed by atoms with Gasteiger partial charge in [0.2, 0.25) is 0 Å². The number of carbonyl (C=O) groups excluding carboxylic acids is 1. The molecule has 1 atom stereocenters. The van der Waals surface area contributed by atoms with E-state index in [2.05, 4.69) is 34.4 Å². The molecule has 1 heterocycles. The Balaban J connectivity index is 1.74. The molecule has 1 aromatic rings. The molecule has 1 fully saturated rings. The number of aromatic nitrogens is 2. The highest BCUT2D eigenvalue weighted by atomic mass is 16.3. The summed E-state index contributed by atoms with van der Waals surface area (Å²) in [5.74, 6) is 1.88. The van der Waals surface area contributed by atoms with Crippen molar-refractivity contribution in [1.82, 2.24) is 15.3 Å². The summed E-state index contributed by atoms with van der Waals surface area (Å²) >= 11 is 0. The first-order chi connectivity index (χ1) is 10.4. The molecule has 1 aliphatic carbocycles. The SMILES string of the molecule is CC(C)CCC(C)(O)CNC(=O)Nc1cnc(C2CC2)nc1. The lowest BCUT2D eigenvalue weighted by atomic mass is 9.95. The van der Waals surface area contributed by atoms with Crippen LogP contribution < -0.4 is 10.6 Å². The first-order valence-electron chi connectivity index (χ1n) is 7.95. The number of nitrogens with one attached hydrogen (secondary N) is 2. The van der Waals surface area contributed by atoms with Crippen LogP contribution in [-0.4, -0.2) is 33.3 Å². The topological polar surface area (TPSA) is 87.1 Å². The van der Waals surface area contributed by atoms with E-state index in [1.54, 1.807) is 19.3 Å². The van der Waals surface area contributed by atoms with Crippen LogP contribution in [0.15, 0.2) is 12.4 Å². The molecule has 22 heavy (non-hydrogen) atoms. The number of urea groups is 1. The van der Waals surface area contributed by atoms with E-state index in [1.807, 2.05) is 0 Å². The molecule has 0 bridgehead atoms. The van der Waals surface area contributed by atoms with E-state index >= 15 is 0 Å². The van der Waals surface area contributed by atoms with Gasteiger partial charge in [0, 0.05) is 12.5 Å². The van der Waals surface area contributed by atoms with Crippen LogP contribution in [0, 0.1) is 5.92 Å². The zero-order valence-electron chi connectivity index (χ0n) is 13.6. The lowest BCUT2D eigenvalue weighted by Gasteiger charge is -2.24. The number of aliphatic hydroxyl groups is 1. The van der Waals surface area contributed by atoms with Crippen molar-refractivity contribution in [3.8, 4) is 0 Å². The first kappa shape index (κ1) is 16.7. The summed E-state index contributed by atoms with van der Waals surface area (Å²) in [6, 6.07) is -0.354. The molecule has 122 valence electrons. The predicted octanol–water partition coefficient (Wildman–Crippen LogP) is 2.66. The van der Waals surface area contributed by atoms with E-state index in [4.69, 9.17) is 0 Å². The van der Waals surface area contributed by atoms with E-state index in [0.717, 1.165) is 25.1 Å². The Morgan fingerprint density at radius 1 is 1.41 bits per heavy atom. The van der Waals surface area contributed by atoms with E-state index in [1.165, 1.54) is 0 Å². The number of hydrogen-bond donors (Lipinski definition) is 3. The quantitative estimate of drug-likeness (QED) is 0.722. The van der Waals surface area contributed by atoms with Crippen LogP contribution >= 0.6 is 0 Å². The van der Waals surface area contributed by atoms with Crippen molar-refractivity contribution in [2.24, 2.45) is 5.92 Å². The molecule has 1 unspecified atom stereocenters. The van der Waals surface area contributed by atoms with Crippen LogP contribution in [0.3, 0.4) is 0 Å². The standard InChI is InChI=1S/C16H26N4O2/c1-11(2)6-7-16(3,22)10-19-15(21)20-13-8-17-14(18-9-13)12-4-5-12/h8-9,11-12,22H,4-7,10H2,1-3H3,(H2,19,20,21). The Bertz CT molecular complexity index is 495. The monoisotopic (exact) mass is 306 g/mol. The van der Waals surface area contributed by atoms with E-state index < -0.39 is 5.60 Å². The van der Waals surface area contributed by atoms with Gasteiger partial charge in [-0.1, -0.05) is 13.8 Å². The van der Waals surface area contributed by atoms with Crippen molar-refractivity contribution >= 4 is 11.7 Å². The predicted molar refractivity (Wildman–Crippen MR) is 85.7 cm³/mol. The minimum Gasteiger partial charge on any atom is -0.388 e. The molecule has 0 spiro atoms. The minimum atomic E-state index is -0.895. The Morgan fingerprint density at radius 2 is 2.05 bits per heavy atom. The maximum Gasteiger partial charge on any atom is 0.319 e. The number of anilines is 1. The summed E-state index contributed by atoms with van der Waals surface area (Å²) in [6.45, 7) is 6.18. The fourth-order valence-corrected chi connectivity index (χ4v) is 2.09. The third-order valence-electron chi connectivity index (χ3n) is 3.76. The van der Waals surface area contributed by atoms with Gasteiger partial charge in [-0.25, -0.2) is 14.8 Å². The fourth-order valence-electron chi connectivity index (χ4n) is 2.09. The van der Waals surface area contributed by atoms with E-state index in [0.29, 0.717) is 23.9 Å². The molecular formula is C16H26N4O2. The first-order valence-corrected chi connectivity index (χ1v) is 7.95. The number of rotatable bonds is 7. The van der Waals surface area contributed by atoms with Gasteiger partial charge in [-0.3, -0.25) is 0 Å². The maximum atomic E-state index is 11.8. The number of amides is 2. The molecule has 6 nitrogen and oxygen atoms in total. The highest BCUT2D eigenvalue weighted by Gasteiger charge is 2.26. The van der Waals surface area contributed by atoms with E-state index in [9.17, 15) is 9.90 Å². The Hall–Kier alpha value is -1.69. The van der Waals surface area contributed by atoms with Crippen molar-refractivity contribution in [3.63, 3.8) is 0 Å². The van der Waals surface area contributed by atoms with Crippen LogP contribution in [0.25, 0.3) is 0 Å². The summed E-state index contributed by atoms with van der Waals surface area (Å²) in [4.78, 5) is 20.3. The molecule has 0 saturated heterocycles. The van der Waals surface area contributed by atoms with E-state index in [-0.39, 0.29) is 12.6 Å². The smallest absolute Gasteiger partial charge is 0.319 e. The minimum absolute atomic E-state index is 0.215. The van der Waals surface area contributed by atoms with Gasteiger partial charge in [0.15, 0.2) is 0 Å². The molecule has 3 N–H and O–H groups in total. The van der Waals surface area contributed by atoms with Crippen LogP contribution in [0.2, 0.25) is 0 Å². The Labute approximate surface area is 131 Å². The largest absolute Gasteiger partial charge is 0.388 e. The van der Waals surface area contributed by atoms with Crippen molar-refractivity contribution in [1.29, 1.82) is 0 Å². The fraction of sp³-hybridized carbons (Fsp3) is 0.688. The lowest BCUT2D eigenvalue weighted by Crippen LogP contribution is -2.42. The third-order valence-corrected chi connectivity index (χ3v) is 3.76. The second kappa shape index (κ2) is 7.05. The van der Waals surface area contributed by atoms with Gasteiger partial charge >= 0.3 is 6.03 Å². The molecule has 0 radical (unpaired) electrons. The van der Waals surface area contributed by atoms with Gasteiger partial charge in [0.25, 0.3) is 0 Å². The summed E-state index contributed by atoms with van der Waals surface area (Å²) in [7, 11) is 0. The molecule has 1 aliphatic rings. The van der Waals surface area contributed by atoms with Gasteiger partial charge in [-0.15, -0.1) is 0 Å². The summed E-state index contributed by atoms with van der Waals surface area (Å²) in [5, 5.41) is 15.6. The normalized spacial score (nSPS) is 17.1. The van der Waals surface area contributed by atoms with Crippen molar-refractivity contribution in [3.05, 3.63) is 18.2 Å². The second-order valence-electron chi connectivity index (χ2n) is 6.84. The molecule has 2 rings (SSSR count). The highest BCUT2D eigenvalue weighted by molar-refractivity contribution is 5.88. The van der Waals surface area contributed by atoms with Crippen molar-refractivity contribution < 1.29 is 9.90 Å². The average molecular weight is 306 g/mol. The van der Waals surface area contributed by atoms with Crippen molar-refractivity contribution in [2.75, 3.05) is 11.9 Å². The van der Waals surface area contributed by atoms with Crippen LogP contribution in [0.4, 0.5) is 10.5 Å². The van der Waals surface area contributed by atoms with Crippen molar-refractivity contribution in [2.45, 2.75) is 58.0 Å². The Kier molecular flexibility index (Phi) is 5.34. The average Bonchev–Trinajstić information content (AvgIpc) is 3.29. The van der Waals surface area contributed by atoms with Gasteiger partial charge in [0.05, 0.1) is 23.7 Å². The second-order valence-corrected chi connectivity index (χ2v) is 6.84. The number of hydrogen-bond acceptors (Lipinski definition) is 4.